The van der Waals surface area contributed by atoms with E-state index in [2.05, 4.69) is 24.1 Å². The van der Waals surface area contributed by atoms with E-state index in [4.69, 9.17) is 14.4 Å². The highest BCUT2D eigenvalue weighted by Crippen LogP contribution is 2.48. The molecule has 37 heavy (non-hydrogen) atoms. The molecule has 12 nitrogen and oxygen atoms in total. The van der Waals surface area contributed by atoms with Crippen LogP contribution in [0.25, 0.3) is 22.2 Å². The van der Waals surface area contributed by atoms with Gasteiger partial charge in [0.05, 0.1) is 28.6 Å². The Labute approximate surface area is 215 Å². The van der Waals surface area contributed by atoms with Gasteiger partial charge in [-0.3, -0.25) is 24.1 Å². The number of hydrogen-bond donors (Lipinski definition) is 2. The highest BCUT2D eigenvalue weighted by atomic mass is 32.2. The zero-order valence-corrected chi connectivity index (χ0v) is 22.0. The van der Waals surface area contributed by atoms with Crippen molar-refractivity contribution in [2.45, 2.75) is 40.2 Å². The second kappa shape index (κ2) is 11.7. The number of anilines is 2. The van der Waals surface area contributed by atoms with Crippen LogP contribution in [-0.4, -0.2) is 64.4 Å². The average molecular weight is 534 g/mol. The Hall–Kier alpha value is -3.55. The number of ether oxygens (including phenoxy) is 1. The van der Waals surface area contributed by atoms with Crippen LogP contribution in [0.15, 0.2) is 30.3 Å². The number of carbonyl (C=O) groups excluding carboxylic acids is 1. The number of esters is 1. The molecule has 0 amide bonds. The van der Waals surface area contributed by atoms with Gasteiger partial charge in [-0.05, 0) is 43.8 Å². The Morgan fingerprint density at radius 2 is 1.89 bits per heavy atom. The average Bonchev–Trinajstić information content (AvgIpc) is 3.19. The minimum Gasteiger partial charge on any atom is -0.427 e. The number of carbonyl (C=O) groups is 1. The van der Waals surface area contributed by atoms with Gasteiger partial charge in [-0.1, -0.05) is 20.8 Å². The lowest BCUT2D eigenvalue weighted by atomic mass is 9.99. The van der Waals surface area contributed by atoms with Gasteiger partial charge in [-0.15, -0.1) is 0 Å². The third kappa shape index (κ3) is 6.81. The molecular formula is C24H31N5O7S. The SMILES string of the molecule is CCCC(=O)Oc1ccc2c(c1)-c1nn(CCN(CC)CC)c3ccc([N+](=O)[O-])c(c13)N2.CS(=O)(=O)O. The molecule has 4 rings (SSSR count). The normalized spacial score (nSPS) is 11.9. The van der Waals surface area contributed by atoms with Crippen LogP contribution in [0.2, 0.25) is 0 Å². The predicted octanol–water partition coefficient (Wildman–Crippen LogP) is 4.22. The number of aromatic nitrogens is 2. The Kier molecular flexibility index (Phi) is 8.84. The van der Waals surface area contributed by atoms with E-state index in [0.29, 0.717) is 53.8 Å². The molecule has 0 saturated heterocycles. The Balaban J connectivity index is 0.000000695. The number of nitrogens with one attached hydrogen (secondary N) is 1. The van der Waals surface area contributed by atoms with Crippen LogP contribution in [0, 0.1) is 10.1 Å². The Morgan fingerprint density at radius 3 is 2.49 bits per heavy atom. The molecule has 0 atom stereocenters. The number of benzene rings is 2. The van der Waals surface area contributed by atoms with Crippen molar-refractivity contribution in [3.05, 3.63) is 40.4 Å². The van der Waals surface area contributed by atoms with Crippen LogP contribution in [-0.2, 0) is 21.5 Å². The smallest absolute Gasteiger partial charge is 0.311 e. The first-order valence-corrected chi connectivity index (χ1v) is 13.8. The molecule has 1 aliphatic rings. The molecule has 0 radical (unpaired) electrons. The first-order valence-electron chi connectivity index (χ1n) is 11.9. The fraction of sp³-hybridized carbons (Fsp3) is 0.417. The van der Waals surface area contributed by atoms with Crippen LogP contribution >= 0.6 is 0 Å². The molecule has 0 bridgehead atoms. The van der Waals surface area contributed by atoms with Gasteiger partial charge in [0.1, 0.15) is 17.1 Å². The summed E-state index contributed by atoms with van der Waals surface area (Å²) < 4.78 is 33.2. The summed E-state index contributed by atoms with van der Waals surface area (Å²) in [7, 11) is -3.67. The number of nitro benzene ring substituents is 1. The second-order valence-electron chi connectivity index (χ2n) is 8.50. The fourth-order valence-electron chi connectivity index (χ4n) is 4.09. The number of fused-ring (bicyclic) bond motifs is 2. The lowest BCUT2D eigenvalue weighted by Gasteiger charge is -2.18. The van der Waals surface area contributed by atoms with E-state index in [1.807, 2.05) is 11.6 Å². The van der Waals surface area contributed by atoms with E-state index >= 15 is 0 Å². The highest BCUT2D eigenvalue weighted by molar-refractivity contribution is 7.85. The van der Waals surface area contributed by atoms with Crippen LogP contribution in [0.5, 0.6) is 5.75 Å². The van der Waals surface area contributed by atoms with E-state index in [1.165, 1.54) is 6.07 Å². The molecule has 200 valence electrons. The molecule has 2 N–H and O–H groups in total. The van der Waals surface area contributed by atoms with Gasteiger partial charge in [0, 0.05) is 30.3 Å². The van der Waals surface area contributed by atoms with Gasteiger partial charge in [-0.25, -0.2) is 0 Å². The summed E-state index contributed by atoms with van der Waals surface area (Å²) >= 11 is 0. The van der Waals surface area contributed by atoms with E-state index in [9.17, 15) is 23.3 Å². The molecule has 2 heterocycles. The lowest BCUT2D eigenvalue weighted by molar-refractivity contribution is -0.383. The van der Waals surface area contributed by atoms with Gasteiger partial charge in [0.25, 0.3) is 15.8 Å². The van der Waals surface area contributed by atoms with Gasteiger partial charge < -0.3 is 15.0 Å². The van der Waals surface area contributed by atoms with Crippen molar-refractivity contribution in [3.8, 4) is 17.0 Å². The first kappa shape index (κ1) is 28.0. The molecule has 0 saturated carbocycles. The topological polar surface area (TPSA) is 157 Å². The number of nitro groups is 1. The van der Waals surface area contributed by atoms with Crippen molar-refractivity contribution in [2.24, 2.45) is 0 Å². The van der Waals surface area contributed by atoms with Crippen molar-refractivity contribution < 1.29 is 27.4 Å². The highest BCUT2D eigenvalue weighted by Gasteiger charge is 2.29. The van der Waals surface area contributed by atoms with Crippen LogP contribution in [0.1, 0.15) is 33.6 Å². The summed E-state index contributed by atoms with van der Waals surface area (Å²) in [5.41, 5.74) is 3.38. The van der Waals surface area contributed by atoms with Crippen molar-refractivity contribution in [3.63, 3.8) is 0 Å². The van der Waals surface area contributed by atoms with Crippen molar-refractivity contribution in [1.29, 1.82) is 0 Å². The molecule has 0 aliphatic carbocycles. The number of hydrogen-bond acceptors (Lipinski definition) is 9. The van der Waals surface area contributed by atoms with Gasteiger partial charge in [-0.2, -0.15) is 13.5 Å². The second-order valence-corrected chi connectivity index (χ2v) is 9.97. The number of nitrogens with zero attached hydrogens (tertiary/aromatic N) is 4. The van der Waals surface area contributed by atoms with E-state index in [1.54, 1.807) is 24.3 Å². The number of likely N-dealkylation sites (N-methyl/N-ethyl adjacent to an activating group) is 1. The zero-order chi connectivity index (χ0) is 27.3. The lowest BCUT2D eigenvalue weighted by Crippen LogP contribution is -2.27. The van der Waals surface area contributed by atoms with Crippen molar-refractivity contribution in [1.82, 2.24) is 14.7 Å². The van der Waals surface area contributed by atoms with Gasteiger partial charge in [0.15, 0.2) is 0 Å². The summed E-state index contributed by atoms with van der Waals surface area (Å²) in [4.78, 5) is 25.6. The monoisotopic (exact) mass is 533 g/mol. The maximum atomic E-state index is 12.0. The largest absolute Gasteiger partial charge is 0.427 e. The standard InChI is InChI=1S/C23H27N5O4.CH4O3S/c1-4-7-20(29)32-15-8-9-17-16(14-15)22-21-18(10-11-19(28(30)31)23(21)24-17)27(25-22)13-12-26(5-2)6-3;1-5(2,3)4/h8-11,14,24H,4-7,12-13H2,1-3H3;1H3,(H,2,3,4). The summed E-state index contributed by atoms with van der Waals surface area (Å²) in [5.74, 6) is 0.144. The molecule has 0 spiro atoms. The minimum absolute atomic E-state index is 0.00569. The van der Waals surface area contributed by atoms with Gasteiger partial charge >= 0.3 is 5.97 Å². The Morgan fingerprint density at radius 1 is 1.22 bits per heavy atom. The predicted molar refractivity (Wildman–Crippen MR) is 141 cm³/mol. The molecule has 1 aromatic heterocycles. The first-order chi connectivity index (χ1) is 17.5. The van der Waals surface area contributed by atoms with Gasteiger partial charge in [0.2, 0.25) is 0 Å². The fourth-order valence-corrected chi connectivity index (χ4v) is 4.09. The Bertz CT molecular complexity index is 1410. The van der Waals surface area contributed by atoms with Crippen LogP contribution < -0.4 is 10.1 Å². The minimum atomic E-state index is -3.67. The summed E-state index contributed by atoms with van der Waals surface area (Å²) in [5, 5.41) is 20.5. The summed E-state index contributed by atoms with van der Waals surface area (Å²) in [6, 6.07) is 8.51. The van der Waals surface area contributed by atoms with Crippen molar-refractivity contribution in [2.75, 3.05) is 31.2 Å². The maximum Gasteiger partial charge on any atom is 0.311 e. The molecular weight excluding hydrogens is 502 g/mol. The van der Waals surface area contributed by atoms with Crippen LogP contribution in [0.4, 0.5) is 17.1 Å². The van der Waals surface area contributed by atoms with E-state index in [-0.39, 0.29) is 16.6 Å². The molecule has 0 unspecified atom stereocenters. The van der Waals surface area contributed by atoms with Crippen molar-refractivity contribution >= 4 is 44.1 Å². The molecule has 0 fully saturated rings. The third-order valence-electron chi connectivity index (χ3n) is 5.81. The molecule has 13 heteroatoms. The molecule has 3 aromatic rings. The summed E-state index contributed by atoms with van der Waals surface area (Å²) in [6.45, 7) is 9.52. The third-order valence-corrected chi connectivity index (χ3v) is 5.81. The van der Waals surface area contributed by atoms with E-state index in [0.717, 1.165) is 30.7 Å². The quantitative estimate of drug-likeness (QED) is 0.105. The molecule has 1 aliphatic heterocycles. The molecule has 2 aromatic carbocycles. The van der Waals surface area contributed by atoms with Crippen LogP contribution in [0.3, 0.4) is 0 Å². The van der Waals surface area contributed by atoms with E-state index < -0.39 is 10.1 Å². The summed E-state index contributed by atoms with van der Waals surface area (Å²) in [6.07, 6.45) is 1.77. The maximum absolute atomic E-state index is 12.0. The zero-order valence-electron chi connectivity index (χ0n) is 21.2. The number of rotatable bonds is 9.